The van der Waals surface area contributed by atoms with E-state index in [1.165, 1.54) is 0 Å². The van der Waals surface area contributed by atoms with E-state index in [0.717, 1.165) is 36.5 Å². The summed E-state index contributed by atoms with van der Waals surface area (Å²) in [6.45, 7) is 6.54. The van der Waals surface area contributed by atoms with Crippen molar-refractivity contribution in [3.63, 3.8) is 0 Å². The van der Waals surface area contributed by atoms with E-state index in [9.17, 15) is 4.79 Å². The molecule has 0 radical (unpaired) electrons. The van der Waals surface area contributed by atoms with E-state index in [2.05, 4.69) is 25.7 Å². The zero-order valence-corrected chi connectivity index (χ0v) is 16.0. The minimum absolute atomic E-state index is 0.274. The zero-order chi connectivity index (χ0) is 19.7. The van der Waals surface area contributed by atoms with Gasteiger partial charge in [0.05, 0.1) is 5.69 Å². The van der Waals surface area contributed by atoms with Crippen molar-refractivity contribution in [1.82, 2.24) is 25.1 Å². The molecule has 3 aromatic rings. The Hall–Kier alpha value is -3.20. The second-order valence-corrected chi connectivity index (χ2v) is 6.80. The first kappa shape index (κ1) is 18.2. The fourth-order valence-corrected chi connectivity index (χ4v) is 3.15. The van der Waals surface area contributed by atoms with Crippen LogP contribution in [0.3, 0.4) is 0 Å². The highest BCUT2D eigenvalue weighted by atomic mass is 16.6. The van der Waals surface area contributed by atoms with Crippen LogP contribution in [0.15, 0.2) is 28.7 Å². The molecule has 4 rings (SSSR count). The number of hydrogen-bond acceptors (Lipinski definition) is 7. The summed E-state index contributed by atoms with van der Waals surface area (Å²) >= 11 is 0. The van der Waals surface area contributed by atoms with Crippen molar-refractivity contribution >= 4 is 11.9 Å². The molecule has 0 unspecified atom stereocenters. The molecule has 4 heterocycles. The summed E-state index contributed by atoms with van der Waals surface area (Å²) < 4.78 is 12.7. The summed E-state index contributed by atoms with van der Waals surface area (Å²) in [5.41, 5.74) is 1.79. The fourth-order valence-electron chi connectivity index (χ4n) is 3.15. The van der Waals surface area contributed by atoms with E-state index < -0.39 is 6.09 Å². The third-order valence-electron chi connectivity index (χ3n) is 4.39. The number of carbonyl (C=O) groups is 1. The molecule has 1 atom stereocenters. The van der Waals surface area contributed by atoms with Gasteiger partial charge < -0.3 is 9.15 Å². The lowest BCUT2D eigenvalue weighted by Crippen LogP contribution is -2.30. The zero-order valence-electron chi connectivity index (χ0n) is 16.0. The van der Waals surface area contributed by atoms with Crippen molar-refractivity contribution in [3.05, 3.63) is 41.4 Å². The number of amides is 1. The standard InChI is InChI=1S/C19H22N6O3/c1-11-9-12(2)25(24-11)16-10-15(22-19(26)28-17-5-4-8-20-17)21-18(23-16)14-7-6-13(3)27-14/h6-7,9-10,17,20H,4-5,8H2,1-3H3,(H,21,22,23,26)/t17-/m1/s1. The number of anilines is 1. The number of aryl methyl sites for hydroxylation is 3. The molecule has 1 aliphatic heterocycles. The molecular weight excluding hydrogens is 360 g/mol. The second kappa shape index (κ2) is 7.43. The molecule has 9 nitrogen and oxygen atoms in total. The Balaban J connectivity index is 1.67. The number of carbonyl (C=O) groups excluding carboxylic acids is 1. The molecule has 0 aliphatic carbocycles. The summed E-state index contributed by atoms with van der Waals surface area (Å²) in [7, 11) is 0. The molecular formula is C19H22N6O3. The van der Waals surface area contributed by atoms with Crippen LogP contribution in [0.2, 0.25) is 0 Å². The van der Waals surface area contributed by atoms with Crippen molar-refractivity contribution in [2.75, 3.05) is 11.9 Å². The third kappa shape index (κ3) is 3.89. The van der Waals surface area contributed by atoms with Crippen LogP contribution in [-0.2, 0) is 4.74 Å². The predicted octanol–water partition coefficient (Wildman–Crippen LogP) is 3.11. The van der Waals surface area contributed by atoms with Crippen molar-refractivity contribution in [2.45, 2.75) is 39.8 Å². The van der Waals surface area contributed by atoms with E-state index >= 15 is 0 Å². The molecule has 1 fully saturated rings. The molecule has 28 heavy (non-hydrogen) atoms. The Morgan fingerprint density at radius 3 is 2.79 bits per heavy atom. The van der Waals surface area contributed by atoms with Crippen LogP contribution in [0.25, 0.3) is 17.4 Å². The molecule has 0 spiro atoms. The number of rotatable bonds is 4. The quantitative estimate of drug-likeness (QED) is 0.714. The first-order chi connectivity index (χ1) is 13.5. The lowest BCUT2D eigenvalue weighted by Gasteiger charge is -2.13. The van der Waals surface area contributed by atoms with Gasteiger partial charge in [-0.2, -0.15) is 5.10 Å². The van der Waals surface area contributed by atoms with Gasteiger partial charge in [0.25, 0.3) is 0 Å². The van der Waals surface area contributed by atoms with Gasteiger partial charge in [0.15, 0.2) is 23.6 Å². The second-order valence-electron chi connectivity index (χ2n) is 6.80. The monoisotopic (exact) mass is 382 g/mol. The Morgan fingerprint density at radius 1 is 1.29 bits per heavy atom. The van der Waals surface area contributed by atoms with Crippen molar-refractivity contribution < 1.29 is 13.9 Å². The maximum Gasteiger partial charge on any atom is 0.414 e. The van der Waals surface area contributed by atoms with Crippen LogP contribution >= 0.6 is 0 Å². The summed E-state index contributed by atoms with van der Waals surface area (Å²) in [6, 6.07) is 7.23. The first-order valence-corrected chi connectivity index (χ1v) is 9.18. The van der Waals surface area contributed by atoms with Gasteiger partial charge in [0, 0.05) is 11.8 Å². The highest BCUT2D eigenvalue weighted by Gasteiger charge is 2.20. The van der Waals surface area contributed by atoms with Gasteiger partial charge in [0.2, 0.25) is 0 Å². The smallest absolute Gasteiger partial charge is 0.414 e. The van der Waals surface area contributed by atoms with Gasteiger partial charge in [-0.15, -0.1) is 0 Å². The SMILES string of the molecule is Cc1cc(C)n(-c2cc(NC(=O)O[C@@H]3CCCN3)nc(-c3ccc(C)o3)n2)n1. The Bertz CT molecular complexity index is 1000. The number of nitrogens with one attached hydrogen (secondary N) is 2. The summed E-state index contributed by atoms with van der Waals surface area (Å²) in [6.07, 6.45) is 0.934. The highest BCUT2D eigenvalue weighted by molar-refractivity contribution is 5.84. The van der Waals surface area contributed by atoms with Gasteiger partial charge in [-0.3, -0.25) is 10.6 Å². The molecule has 0 saturated carbocycles. The first-order valence-electron chi connectivity index (χ1n) is 9.18. The van der Waals surface area contributed by atoms with Crippen LogP contribution in [0.4, 0.5) is 10.6 Å². The lowest BCUT2D eigenvalue weighted by molar-refractivity contribution is 0.102. The maximum atomic E-state index is 12.3. The highest BCUT2D eigenvalue weighted by Crippen LogP contribution is 2.23. The Kier molecular flexibility index (Phi) is 4.82. The molecule has 0 bridgehead atoms. The van der Waals surface area contributed by atoms with E-state index in [1.807, 2.05) is 32.9 Å². The van der Waals surface area contributed by atoms with Crippen LogP contribution in [0.1, 0.15) is 30.0 Å². The molecule has 3 aromatic heterocycles. The topological polar surface area (TPSA) is 107 Å². The van der Waals surface area contributed by atoms with Crippen LogP contribution < -0.4 is 10.6 Å². The van der Waals surface area contributed by atoms with E-state index in [4.69, 9.17) is 9.15 Å². The van der Waals surface area contributed by atoms with E-state index in [1.54, 1.807) is 16.8 Å². The molecule has 1 saturated heterocycles. The predicted molar refractivity (Wildman–Crippen MR) is 102 cm³/mol. The fraction of sp³-hybridized carbons (Fsp3) is 0.368. The largest absolute Gasteiger partial charge is 0.458 e. The van der Waals surface area contributed by atoms with E-state index in [-0.39, 0.29) is 6.23 Å². The van der Waals surface area contributed by atoms with Crippen LogP contribution in [0.5, 0.6) is 0 Å². The van der Waals surface area contributed by atoms with Gasteiger partial charge in [-0.05, 0) is 58.4 Å². The average molecular weight is 382 g/mol. The number of nitrogens with zero attached hydrogens (tertiary/aromatic N) is 4. The Labute approximate surface area is 162 Å². The van der Waals surface area contributed by atoms with E-state index in [0.29, 0.717) is 23.2 Å². The van der Waals surface area contributed by atoms with Crippen molar-refractivity contribution in [2.24, 2.45) is 0 Å². The summed E-state index contributed by atoms with van der Waals surface area (Å²) in [5.74, 6) is 2.45. The minimum atomic E-state index is -0.570. The number of hydrogen-bond donors (Lipinski definition) is 2. The number of ether oxygens (including phenoxy) is 1. The summed E-state index contributed by atoms with van der Waals surface area (Å²) in [5, 5.41) is 10.3. The van der Waals surface area contributed by atoms with Gasteiger partial charge in [-0.1, -0.05) is 0 Å². The minimum Gasteiger partial charge on any atom is -0.458 e. The molecule has 1 amide bonds. The molecule has 9 heteroatoms. The molecule has 0 aromatic carbocycles. The molecule has 2 N–H and O–H groups in total. The van der Waals surface area contributed by atoms with Gasteiger partial charge >= 0.3 is 6.09 Å². The van der Waals surface area contributed by atoms with Gasteiger partial charge in [-0.25, -0.2) is 19.4 Å². The normalized spacial score (nSPS) is 16.3. The lowest BCUT2D eigenvalue weighted by atomic mass is 10.3. The van der Waals surface area contributed by atoms with Crippen molar-refractivity contribution in [1.29, 1.82) is 0 Å². The Morgan fingerprint density at radius 2 is 2.14 bits per heavy atom. The third-order valence-corrected chi connectivity index (χ3v) is 4.39. The van der Waals surface area contributed by atoms with Crippen LogP contribution in [-0.4, -0.2) is 38.6 Å². The molecule has 1 aliphatic rings. The summed E-state index contributed by atoms with van der Waals surface area (Å²) in [4.78, 5) is 21.2. The average Bonchev–Trinajstić information content (AvgIpc) is 3.37. The van der Waals surface area contributed by atoms with Crippen molar-refractivity contribution in [3.8, 4) is 17.4 Å². The van der Waals surface area contributed by atoms with Crippen LogP contribution in [0, 0.1) is 20.8 Å². The number of furan rings is 1. The van der Waals surface area contributed by atoms with Gasteiger partial charge in [0.1, 0.15) is 11.6 Å². The maximum absolute atomic E-state index is 12.3. The number of aromatic nitrogens is 4. The molecule has 146 valence electrons.